The zero-order chi connectivity index (χ0) is 16.4. The van der Waals surface area contributed by atoms with Crippen LogP contribution in [0.4, 0.5) is 4.39 Å². The Bertz CT molecular complexity index is 857. The van der Waals surface area contributed by atoms with Crippen molar-refractivity contribution in [3.8, 4) is 11.1 Å². The van der Waals surface area contributed by atoms with Gasteiger partial charge in [0.2, 0.25) is 0 Å². The Morgan fingerprint density at radius 3 is 2.70 bits per heavy atom. The molecule has 0 aliphatic carbocycles. The van der Waals surface area contributed by atoms with E-state index in [0.29, 0.717) is 12.0 Å². The smallest absolute Gasteiger partial charge is 0.336 e. The number of carboxylic acids is 1. The highest BCUT2D eigenvalue weighted by atomic mass is 19.1. The maximum absolute atomic E-state index is 13.1. The number of halogens is 1. The number of rotatable bonds is 4. The second-order valence-corrected chi connectivity index (χ2v) is 5.18. The minimum atomic E-state index is -0.998. The van der Waals surface area contributed by atoms with Crippen molar-refractivity contribution in [3.63, 3.8) is 0 Å². The van der Waals surface area contributed by atoms with Crippen LogP contribution in [0.15, 0.2) is 48.9 Å². The first-order valence-electron chi connectivity index (χ1n) is 6.99. The van der Waals surface area contributed by atoms with Gasteiger partial charge in [-0.15, -0.1) is 0 Å². The largest absolute Gasteiger partial charge is 0.478 e. The summed E-state index contributed by atoms with van der Waals surface area (Å²) in [7, 11) is 1.79. The Labute approximate surface area is 132 Å². The van der Waals surface area contributed by atoms with Crippen LogP contribution < -0.4 is 0 Å². The number of carboxylic acid groups (broad SMARTS) is 1. The van der Waals surface area contributed by atoms with Crippen LogP contribution in [0.5, 0.6) is 0 Å². The monoisotopic (exact) mass is 311 g/mol. The van der Waals surface area contributed by atoms with Crippen LogP contribution in [-0.2, 0) is 13.5 Å². The first kappa shape index (κ1) is 14.9. The molecule has 3 aromatic rings. The number of hydrogen-bond acceptors (Lipinski definition) is 3. The highest BCUT2D eigenvalue weighted by molar-refractivity contribution is 5.89. The average Bonchev–Trinajstić information content (AvgIpc) is 2.89. The molecule has 0 saturated heterocycles. The van der Waals surface area contributed by atoms with Crippen LogP contribution in [0.1, 0.15) is 21.6 Å². The summed E-state index contributed by atoms with van der Waals surface area (Å²) in [6.07, 6.45) is 5.15. The first-order chi connectivity index (χ1) is 11.0. The quantitative estimate of drug-likeness (QED) is 0.804. The van der Waals surface area contributed by atoms with Crippen molar-refractivity contribution in [2.75, 3.05) is 0 Å². The summed E-state index contributed by atoms with van der Waals surface area (Å²) in [4.78, 5) is 15.3. The third kappa shape index (κ3) is 3.11. The molecule has 0 spiro atoms. The van der Waals surface area contributed by atoms with Crippen molar-refractivity contribution in [2.24, 2.45) is 7.05 Å². The van der Waals surface area contributed by atoms with Crippen LogP contribution in [0, 0.1) is 5.82 Å². The van der Waals surface area contributed by atoms with Gasteiger partial charge >= 0.3 is 5.97 Å². The normalized spacial score (nSPS) is 10.7. The summed E-state index contributed by atoms with van der Waals surface area (Å²) in [5.74, 6) is -1.30. The molecule has 6 heteroatoms. The minimum Gasteiger partial charge on any atom is -0.478 e. The van der Waals surface area contributed by atoms with E-state index in [1.165, 1.54) is 30.6 Å². The van der Waals surface area contributed by atoms with E-state index in [0.717, 1.165) is 16.8 Å². The highest BCUT2D eigenvalue weighted by Gasteiger charge is 2.15. The maximum atomic E-state index is 13.1. The number of hydrogen-bond donors (Lipinski definition) is 1. The Balaban J connectivity index is 2.02. The fourth-order valence-corrected chi connectivity index (χ4v) is 2.49. The van der Waals surface area contributed by atoms with E-state index >= 15 is 0 Å². The third-order valence-electron chi connectivity index (χ3n) is 3.55. The van der Waals surface area contributed by atoms with Crippen molar-refractivity contribution in [1.29, 1.82) is 0 Å². The lowest BCUT2D eigenvalue weighted by molar-refractivity contribution is 0.0695. The molecule has 0 atom stereocenters. The summed E-state index contributed by atoms with van der Waals surface area (Å²) in [5.41, 5.74) is 3.18. The van der Waals surface area contributed by atoms with Gasteiger partial charge in [0.25, 0.3) is 0 Å². The van der Waals surface area contributed by atoms with Crippen LogP contribution in [-0.4, -0.2) is 25.8 Å². The van der Waals surface area contributed by atoms with Gasteiger partial charge in [-0.25, -0.2) is 9.18 Å². The van der Waals surface area contributed by atoms with Gasteiger partial charge in [0.15, 0.2) is 0 Å². The second-order valence-electron chi connectivity index (χ2n) is 5.18. The predicted octanol–water partition coefficient (Wildman–Crippen LogP) is 2.91. The van der Waals surface area contributed by atoms with E-state index in [4.69, 9.17) is 0 Å². The molecular weight excluding hydrogens is 297 g/mol. The van der Waals surface area contributed by atoms with Crippen molar-refractivity contribution >= 4 is 5.97 Å². The molecular formula is C17H14FN3O2. The fraction of sp³-hybridized carbons (Fsp3) is 0.118. The molecule has 116 valence electrons. The van der Waals surface area contributed by atoms with E-state index in [9.17, 15) is 14.3 Å². The second kappa shape index (κ2) is 6.00. The predicted molar refractivity (Wildman–Crippen MR) is 82.6 cm³/mol. The van der Waals surface area contributed by atoms with Crippen LogP contribution >= 0.6 is 0 Å². The van der Waals surface area contributed by atoms with Gasteiger partial charge in [-0.1, -0.05) is 12.1 Å². The van der Waals surface area contributed by atoms with Gasteiger partial charge in [-0.3, -0.25) is 9.67 Å². The Morgan fingerprint density at radius 1 is 1.26 bits per heavy atom. The van der Waals surface area contributed by atoms with Gasteiger partial charge in [-0.05, 0) is 29.3 Å². The number of carbonyl (C=O) groups is 1. The molecule has 0 radical (unpaired) electrons. The number of aromatic nitrogens is 3. The summed E-state index contributed by atoms with van der Waals surface area (Å²) < 4.78 is 14.8. The molecule has 2 aromatic heterocycles. The van der Waals surface area contributed by atoms with Gasteiger partial charge in [-0.2, -0.15) is 5.10 Å². The van der Waals surface area contributed by atoms with E-state index in [1.54, 1.807) is 23.9 Å². The Hall–Kier alpha value is -3.02. The molecule has 23 heavy (non-hydrogen) atoms. The average molecular weight is 311 g/mol. The molecule has 1 N–H and O–H groups in total. The maximum Gasteiger partial charge on any atom is 0.336 e. The van der Waals surface area contributed by atoms with Gasteiger partial charge in [0, 0.05) is 37.6 Å². The zero-order valence-electron chi connectivity index (χ0n) is 12.4. The molecule has 0 amide bonds. The van der Waals surface area contributed by atoms with Crippen molar-refractivity contribution in [1.82, 2.24) is 14.8 Å². The molecule has 0 unspecified atom stereocenters. The number of aromatic carboxylic acids is 1. The van der Waals surface area contributed by atoms with Crippen molar-refractivity contribution in [2.45, 2.75) is 6.42 Å². The molecule has 0 aliphatic rings. The number of pyridine rings is 1. The first-order valence-corrected chi connectivity index (χ1v) is 6.99. The number of benzene rings is 1. The van der Waals surface area contributed by atoms with E-state index < -0.39 is 5.97 Å². The van der Waals surface area contributed by atoms with Crippen LogP contribution in [0.2, 0.25) is 0 Å². The molecule has 5 nitrogen and oxygen atoms in total. The highest BCUT2D eigenvalue weighted by Crippen LogP contribution is 2.25. The SMILES string of the molecule is Cn1cc(-c2ccc(F)cc2)c(Cc2cnccc2C(=O)O)n1. The number of nitrogens with zero attached hydrogens (tertiary/aromatic N) is 3. The number of aryl methyl sites for hydroxylation is 1. The topological polar surface area (TPSA) is 68.0 Å². The Morgan fingerprint density at radius 2 is 2.00 bits per heavy atom. The Kier molecular flexibility index (Phi) is 3.89. The summed E-state index contributed by atoms with van der Waals surface area (Å²) in [6.45, 7) is 0. The van der Waals surface area contributed by atoms with Crippen molar-refractivity contribution in [3.05, 3.63) is 71.6 Å². The summed E-state index contributed by atoms with van der Waals surface area (Å²) in [5, 5.41) is 13.7. The van der Waals surface area contributed by atoms with E-state index in [-0.39, 0.29) is 11.4 Å². The van der Waals surface area contributed by atoms with E-state index in [1.807, 2.05) is 6.20 Å². The lowest BCUT2D eigenvalue weighted by Crippen LogP contribution is -2.04. The van der Waals surface area contributed by atoms with Gasteiger partial charge in [0.05, 0.1) is 11.3 Å². The van der Waals surface area contributed by atoms with Gasteiger partial charge < -0.3 is 5.11 Å². The summed E-state index contributed by atoms with van der Waals surface area (Å²) in [6, 6.07) is 7.60. The molecule has 3 rings (SSSR count). The standard InChI is InChI=1S/C17H14FN3O2/c1-21-10-15(11-2-4-13(18)5-3-11)16(20-21)8-12-9-19-7-6-14(12)17(22)23/h2-7,9-10H,8H2,1H3,(H,22,23). The molecule has 1 aromatic carbocycles. The third-order valence-corrected chi connectivity index (χ3v) is 3.55. The molecule has 0 fully saturated rings. The zero-order valence-corrected chi connectivity index (χ0v) is 12.4. The minimum absolute atomic E-state index is 0.204. The fourth-order valence-electron chi connectivity index (χ4n) is 2.49. The van der Waals surface area contributed by atoms with Crippen LogP contribution in [0.25, 0.3) is 11.1 Å². The van der Waals surface area contributed by atoms with Crippen LogP contribution in [0.3, 0.4) is 0 Å². The lowest BCUT2D eigenvalue weighted by Gasteiger charge is -2.06. The van der Waals surface area contributed by atoms with Crippen molar-refractivity contribution < 1.29 is 14.3 Å². The van der Waals surface area contributed by atoms with E-state index in [2.05, 4.69) is 10.1 Å². The van der Waals surface area contributed by atoms with Gasteiger partial charge in [0.1, 0.15) is 5.82 Å². The molecule has 0 saturated carbocycles. The lowest BCUT2D eigenvalue weighted by atomic mass is 10.00. The molecule has 2 heterocycles. The molecule has 0 aliphatic heterocycles. The molecule has 0 bridgehead atoms. The summed E-state index contributed by atoms with van der Waals surface area (Å²) >= 11 is 0.